The summed E-state index contributed by atoms with van der Waals surface area (Å²) in [6.07, 6.45) is 2.97. The quantitative estimate of drug-likeness (QED) is 0.751. The summed E-state index contributed by atoms with van der Waals surface area (Å²) in [5.41, 5.74) is 0.813. The molecule has 16 heavy (non-hydrogen) atoms. The molecule has 92 valence electrons. The number of aliphatic hydroxyl groups excluding tert-OH is 1. The highest BCUT2D eigenvalue weighted by atomic mass is 16.5. The van der Waals surface area contributed by atoms with E-state index in [2.05, 4.69) is 24.2 Å². The normalized spacial score (nSPS) is 13.3. The maximum atomic E-state index is 9.53. The Kier molecular flexibility index (Phi) is 5.42. The highest BCUT2D eigenvalue weighted by molar-refractivity contribution is 4.94. The van der Waals surface area contributed by atoms with Crippen molar-refractivity contribution < 1.29 is 9.84 Å². The van der Waals surface area contributed by atoms with Crippen LogP contribution in [0.25, 0.3) is 0 Å². The molecule has 1 aromatic heterocycles. The highest BCUT2D eigenvalue weighted by Gasteiger charge is 2.08. The van der Waals surface area contributed by atoms with Crippen molar-refractivity contribution in [2.45, 2.75) is 39.3 Å². The van der Waals surface area contributed by atoms with Crippen LogP contribution in [0.1, 0.15) is 26.0 Å². The summed E-state index contributed by atoms with van der Waals surface area (Å²) in [5.74, 6) is 0.659. The van der Waals surface area contributed by atoms with Gasteiger partial charge in [-0.1, -0.05) is 19.1 Å². The Morgan fingerprint density at radius 1 is 1.50 bits per heavy atom. The van der Waals surface area contributed by atoms with E-state index in [1.54, 1.807) is 7.11 Å². The van der Waals surface area contributed by atoms with Gasteiger partial charge in [-0.05, 0) is 12.3 Å². The largest absolute Gasteiger partial charge is 0.390 e. The standard InChI is InChI=1S/C11H21N3O2/c1-9(2)4-5-14-7-10(12-13-14)6-11(15)8-16-3/h7,9,11,15H,4-6,8H2,1-3H3. The summed E-state index contributed by atoms with van der Waals surface area (Å²) in [6.45, 7) is 5.57. The van der Waals surface area contributed by atoms with Gasteiger partial charge in [-0.2, -0.15) is 0 Å². The van der Waals surface area contributed by atoms with Crippen molar-refractivity contribution in [3.8, 4) is 0 Å². The van der Waals surface area contributed by atoms with Gasteiger partial charge in [-0.25, -0.2) is 0 Å². The molecule has 5 nitrogen and oxygen atoms in total. The lowest BCUT2D eigenvalue weighted by molar-refractivity contribution is 0.0644. The van der Waals surface area contributed by atoms with Crippen LogP contribution >= 0.6 is 0 Å². The monoisotopic (exact) mass is 227 g/mol. The SMILES string of the molecule is COCC(O)Cc1cn(CCC(C)C)nn1. The number of aliphatic hydroxyl groups is 1. The van der Waals surface area contributed by atoms with Gasteiger partial charge < -0.3 is 9.84 Å². The van der Waals surface area contributed by atoms with Gasteiger partial charge in [0.15, 0.2) is 0 Å². The van der Waals surface area contributed by atoms with Crippen molar-refractivity contribution in [2.75, 3.05) is 13.7 Å². The van der Waals surface area contributed by atoms with E-state index in [1.165, 1.54) is 0 Å². The van der Waals surface area contributed by atoms with E-state index in [-0.39, 0.29) is 0 Å². The van der Waals surface area contributed by atoms with Crippen molar-refractivity contribution in [1.29, 1.82) is 0 Å². The van der Waals surface area contributed by atoms with Crippen molar-refractivity contribution in [2.24, 2.45) is 5.92 Å². The number of aromatic nitrogens is 3. The first-order valence-electron chi connectivity index (χ1n) is 5.67. The Morgan fingerprint density at radius 3 is 2.88 bits per heavy atom. The maximum Gasteiger partial charge on any atom is 0.0853 e. The van der Waals surface area contributed by atoms with Crippen molar-refractivity contribution in [1.82, 2.24) is 15.0 Å². The number of aryl methyl sites for hydroxylation is 1. The van der Waals surface area contributed by atoms with Gasteiger partial charge in [0, 0.05) is 26.3 Å². The fourth-order valence-corrected chi connectivity index (χ4v) is 1.42. The molecule has 5 heteroatoms. The summed E-state index contributed by atoms with van der Waals surface area (Å²) in [7, 11) is 1.57. The van der Waals surface area contributed by atoms with Gasteiger partial charge in [-0.15, -0.1) is 5.10 Å². The predicted molar refractivity (Wildman–Crippen MR) is 61.1 cm³/mol. The van der Waals surface area contributed by atoms with E-state index < -0.39 is 6.10 Å². The van der Waals surface area contributed by atoms with Gasteiger partial charge in [0.2, 0.25) is 0 Å². The molecule has 0 saturated heterocycles. The van der Waals surface area contributed by atoms with Crippen LogP contribution in [0.4, 0.5) is 0 Å². The average molecular weight is 227 g/mol. The summed E-state index contributed by atoms with van der Waals surface area (Å²) in [4.78, 5) is 0. The van der Waals surface area contributed by atoms with Gasteiger partial charge in [0.1, 0.15) is 0 Å². The van der Waals surface area contributed by atoms with Gasteiger partial charge in [-0.3, -0.25) is 4.68 Å². The lowest BCUT2D eigenvalue weighted by Gasteiger charge is -2.05. The van der Waals surface area contributed by atoms with Crippen LogP contribution in [-0.2, 0) is 17.7 Å². The Morgan fingerprint density at radius 2 is 2.25 bits per heavy atom. The molecule has 0 spiro atoms. The number of nitrogens with zero attached hydrogens (tertiary/aromatic N) is 3. The van der Waals surface area contributed by atoms with Crippen LogP contribution in [0.5, 0.6) is 0 Å². The third kappa shape index (κ3) is 4.72. The minimum absolute atomic E-state index is 0.332. The molecule has 0 aliphatic carbocycles. The molecule has 1 N–H and O–H groups in total. The third-order valence-electron chi connectivity index (χ3n) is 2.33. The molecule has 0 saturated carbocycles. The molecule has 0 fully saturated rings. The zero-order chi connectivity index (χ0) is 12.0. The minimum Gasteiger partial charge on any atom is -0.390 e. The summed E-state index contributed by atoms with van der Waals surface area (Å²) >= 11 is 0. The average Bonchev–Trinajstić information content (AvgIpc) is 2.63. The van der Waals surface area contributed by atoms with Crippen LogP contribution < -0.4 is 0 Å². The molecule has 0 aliphatic heterocycles. The number of hydrogen-bond acceptors (Lipinski definition) is 4. The van der Waals surface area contributed by atoms with E-state index in [1.807, 2.05) is 10.9 Å². The molecule has 0 aliphatic rings. The fourth-order valence-electron chi connectivity index (χ4n) is 1.42. The van der Waals surface area contributed by atoms with Crippen LogP contribution in [-0.4, -0.2) is 39.9 Å². The van der Waals surface area contributed by atoms with E-state index in [0.29, 0.717) is 18.9 Å². The number of hydrogen-bond donors (Lipinski definition) is 1. The molecule has 0 amide bonds. The zero-order valence-corrected chi connectivity index (χ0v) is 10.3. The Labute approximate surface area is 96.4 Å². The fraction of sp³-hybridized carbons (Fsp3) is 0.818. The topological polar surface area (TPSA) is 60.2 Å². The van der Waals surface area contributed by atoms with Crippen LogP contribution in [0, 0.1) is 5.92 Å². The molecule has 1 unspecified atom stereocenters. The second-order valence-corrected chi connectivity index (χ2v) is 4.47. The van der Waals surface area contributed by atoms with Crippen LogP contribution in [0.3, 0.4) is 0 Å². The second kappa shape index (κ2) is 6.60. The maximum absolute atomic E-state index is 9.53. The summed E-state index contributed by atoms with van der Waals surface area (Å²) in [6, 6.07) is 0. The van der Waals surface area contributed by atoms with Crippen LogP contribution in [0.15, 0.2) is 6.20 Å². The highest BCUT2D eigenvalue weighted by Crippen LogP contribution is 2.04. The van der Waals surface area contributed by atoms with E-state index in [0.717, 1.165) is 18.7 Å². The van der Waals surface area contributed by atoms with Crippen molar-refractivity contribution in [3.05, 3.63) is 11.9 Å². The Hall–Kier alpha value is -0.940. The first-order valence-corrected chi connectivity index (χ1v) is 5.67. The van der Waals surface area contributed by atoms with Gasteiger partial charge in [0.25, 0.3) is 0 Å². The molecule has 1 rings (SSSR count). The zero-order valence-electron chi connectivity index (χ0n) is 10.3. The second-order valence-electron chi connectivity index (χ2n) is 4.47. The molecule has 1 heterocycles. The molecular weight excluding hydrogens is 206 g/mol. The summed E-state index contributed by atoms with van der Waals surface area (Å²) in [5, 5.41) is 17.6. The van der Waals surface area contributed by atoms with Crippen molar-refractivity contribution >= 4 is 0 Å². The molecule has 1 atom stereocenters. The third-order valence-corrected chi connectivity index (χ3v) is 2.33. The first kappa shape index (κ1) is 13.1. The van der Waals surface area contributed by atoms with E-state index in [9.17, 15) is 5.11 Å². The smallest absolute Gasteiger partial charge is 0.0853 e. The van der Waals surface area contributed by atoms with E-state index in [4.69, 9.17) is 4.74 Å². The number of methoxy groups -OCH3 is 1. The summed E-state index contributed by atoms with van der Waals surface area (Å²) < 4.78 is 6.68. The Balaban J connectivity index is 2.39. The molecule has 1 aromatic rings. The number of ether oxygens (including phenoxy) is 1. The number of rotatable bonds is 7. The van der Waals surface area contributed by atoms with Gasteiger partial charge >= 0.3 is 0 Å². The molecule has 0 radical (unpaired) electrons. The van der Waals surface area contributed by atoms with Gasteiger partial charge in [0.05, 0.1) is 18.4 Å². The molecular formula is C11H21N3O2. The lowest BCUT2D eigenvalue weighted by Crippen LogP contribution is -2.17. The minimum atomic E-state index is -0.500. The van der Waals surface area contributed by atoms with Crippen LogP contribution in [0.2, 0.25) is 0 Å². The first-order chi connectivity index (χ1) is 7.61. The molecule has 0 aromatic carbocycles. The van der Waals surface area contributed by atoms with E-state index >= 15 is 0 Å². The lowest BCUT2D eigenvalue weighted by atomic mass is 10.1. The predicted octanol–water partition coefficient (Wildman–Crippen LogP) is 0.874. The Bertz CT molecular complexity index is 299. The molecule has 0 bridgehead atoms. The van der Waals surface area contributed by atoms with Crippen molar-refractivity contribution in [3.63, 3.8) is 0 Å².